The van der Waals surface area contributed by atoms with E-state index in [0.29, 0.717) is 11.4 Å². The molecule has 4 rings (SSSR count). The lowest BCUT2D eigenvalue weighted by Gasteiger charge is -2.33. The molecule has 2 aromatic carbocycles. The first-order chi connectivity index (χ1) is 14.1. The van der Waals surface area contributed by atoms with Gasteiger partial charge in [-0.25, -0.2) is 0 Å². The zero-order chi connectivity index (χ0) is 20.2. The van der Waals surface area contributed by atoms with Crippen molar-refractivity contribution in [3.8, 4) is 5.75 Å². The van der Waals surface area contributed by atoms with Crippen molar-refractivity contribution in [1.82, 2.24) is 10.2 Å². The Bertz CT molecular complexity index is 876. The second-order valence-corrected chi connectivity index (χ2v) is 7.84. The van der Waals surface area contributed by atoms with Crippen LogP contribution in [-0.2, 0) is 16.1 Å². The molecule has 0 radical (unpaired) electrons. The molecule has 0 bridgehead atoms. The fourth-order valence-electron chi connectivity index (χ4n) is 3.98. The predicted molar refractivity (Wildman–Crippen MR) is 112 cm³/mol. The summed E-state index contributed by atoms with van der Waals surface area (Å²) in [7, 11) is 0. The molecule has 2 heterocycles. The van der Waals surface area contributed by atoms with Crippen LogP contribution in [0.2, 0.25) is 0 Å². The molecule has 0 atom stereocenters. The van der Waals surface area contributed by atoms with Crippen LogP contribution in [0.1, 0.15) is 24.0 Å². The number of ether oxygens (including phenoxy) is 1. The van der Waals surface area contributed by atoms with E-state index in [1.54, 1.807) is 0 Å². The van der Waals surface area contributed by atoms with Crippen molar-refractivity contribution in [2.45, 2.75) is 32.4 Å². The van der Waals surface area contributed by atoms with E-state index in [1.807, 2.05) is 31.2 Å². The minimum Gasteiger partial charge on any atom is -0.482 e. The lowest BCUT2D eigenvalue weighted by Crippen LogP contribution is -2.49. The number of carbonyl (C=O) groups is 2. The molecule has 152 valence electrons. The second kappa shape index (κ2) is 8.66. The van der Waals surface area contributed by atoms with E-state index in [9.17, 15) is 9.59 Å². The monoisotopic (exact) mass is 393 g/mol. The van der Waals surface area contributed by atoms with Crippen LogP contribution in [0.15, 0.2) is 48.5 Å². The average Bonchev–Trinajstić information content (AvgIpc) is 2.72. The maximum Gasteiger partial charge on any atom is 0.265 e. The van der Waals surface area contributed by atoms with Crippen LogP contribution in [0, 0.1) is 6.92 Å². The molecular formula is C23H27N3O3. The molecule has 1 saturated heterocycles. The summed E-state index contributed by atoms with van der Waals surface area (Å²) in [6.07, 6.45) is 1.84. The molecule has 0 unspecified atom stereocenters. The molecule has 0 aliphatic carbocycles. The number of hydrogen-bond donors (Lipinski definition) is 1. The molecule has 0 saturated carbocycles. The summed E-state index contributed by atoms with van der Waals surface area (Å²) >= 11 is 0. The van der Waals surface area contributed by atoms with Crippen LogP contribution in [0.3, 0.4) is 0 Å². The second-order valence-electron chi connectivity index (χ2n) is 7.84. The minimum absolute atomic E-state index is 0.0266. The third-order valence-electron chi connectivity index (χ3n) is 5.56. The Morgan fingerprint density at radius 1 is 1.14 bits per heavy atom. The maximum absolute atomic E-state index is 12.6. The van der Waals surface area contributed by atoms with E-state index < -0.39 is 0 Å². The number of rotatable bonds is 5. The van der Waals surface area contributed by atoms with Gasteiger partial charge < -0.3 is 10.1 Å². The van der Waals surface area contributed by atoms with Crippen LogP contribution in [0.4, 0.5) is 5.69 Å². The normalized spacial score (nSPS) is 17.6. The standard InChI is InChI=1S/C23H27N3O3/c1-17-7-8-21-20(13-17)26(23(28)16-29-21)15-22(27)24-19-9-11-25(12-10-19)14-18-5-3-2-4-6-18/h2-8,13,19H,9-12,14-16H2,1H3,(H,24,27). The largest absolute Gasteiger partial charge is 0.482 e. The van der Waals surface area contributed by atoms with Gasteiger partial charge in [0.15, 0.2) is 6.61 Å². The van der Waals surface area contributed by atoms with Gasteiger partial charge in [0.05, 0.1) is 5.69 Å². The molecule has 2 aliphatic rings. The maximum atomic E-state index is 12.6. The number of hydrogen-bond acceptors (Lipinski definition) is 4. The first-order valence-electron chi connectivity index (χ1n) is 10.2. The van der Waals surface area contributed by atoms with Gasteiger partial charge in [0.2, 0.25) is 5.91 Å². The molecule has 0 aromatic heterocycles. The Morgan fingerprint density at radius 3 is 2.66 bits per heavy atom. The number of fused-ring (bicyclic) bond motifs is 1. The van der Waals surface area contributed by atoms with Gasteiger partial charge in [-0.2, -0.15) is 0 Å². The summed E-state index contributed by atoms with van der Waals surface area (Å²) in [6.45, 7) is 4.82. The Kier molecular flexibility index (Phi) is 5.81. The van der Waals surface area contributed by atoms with Gasteiger partial charge in [-0.1, -0.05) is 36.4 Å². The lowest BCUT2D eigenvalue weighted by atomic mass is 10.0. The number of nitrogens with zero attached hydrogens (tertiary/aromatic N) is 2. The van der Waals surface area contributed by atoms with Crippen LogP contribution in [0.5, 0.6) is 5.75 Å². The van der Waals surface area contributed by atoms with Crippen LogP contribution < -0.4 is 15.0 Å². The number of carbonyl (C=O) groups excluding carboxylic acids is 2. The van der Waals surface area contributed by atoms with Gasteiger partial charge in [0.1, 0.15) is 12.3 Å². The fourth-order valence-corrected chi connectivity index (χ4v) is 3.98. The van der Waals surface area contributed by atoms with E-state index in [4.69, 9.17) is 4.74 Å². The summed E-state index contributed by atoms with van der Waals surface area (Å²) in [6, 6.07) is 16.3. The van der Waals surface area contributed by atoms with Crippen molar-refractivity contribution in [2.75, 3.05) is 31.1 Å². The zero-order valence-electron chi connectivity index (χ0n) is 16.8. The van der Waals surface area contributed by atoms with Crippen molar-refractivity contribution < 1.29 is 14.3 Å². The fraction of sp³-hybridized carbons (Fsp3) is 0.391. The molecule has 2 aliphatic heterocycles. The number of likely N-dealkylation sites (tertiary alicyclic amines) is 1. The Balaban J connectivity index is 1.30. The lowest BCUT2D eigenvalue weighted by molar-refractivity contribution is -0.125. The van der Waals surface area contributed by atoms with Crippen molar-refractivity contribution in [2.24, 2.45) is 0 Å². The average molecular weight is 393 g/mol. The van der Waals surface area contributed by atoms with E-state index in [0.717, 1.165) is 38.0 Å². The molecule has 1 N–H and O–H groups in total. The number of amides is 2. The summed E-state index contributed by atoms with van der Waals surface area (Å²) in [4.78, 5) is 28.9. The van der Waals surface area contributed by atoms with Crippen molar-refractivity contribution >= 4 is 17.5 Å². The van der Waals surface area contributed by atoms with Gasteiger partial charge in [-0.3, -0.25) is 19.4 Å². The molecule has 2 amide bonds. The molecule has 0 spiro atoms. The smallest absolute Gasteiger partial charge is 0.265 e. The summed E-state index contributed by atoms with van der Waals surface area (Å²) in [5.41, 5.74) is 3.02. The van der Waals surface area contributed by atoms with Gasteiger partial charge in [-0.05, 0) is 43.0 Å². The molecule has 29 heavy (non-hydrogen) atoms. The van der Waals surface area contributed by atoms with Gasteiger partial charge in [0, 0.05) is 25.7 Å². The Hall–Kier alpha value is -2.86. The van der Waals surface area contributed by atoms with E-state index in [-0.39, 0.29) is 31.0 Å². The van der Waals surface area contributed by atoms with Gasteiger partial charge >= 0.3 is 0 Å². The van der Waals surface area contributed by atoms with Crippen molar-refractivity contribution in [3.63, 3.8) is 0 Å². The highest BCUT2D eigenvalue weighted by molar-refractivity contribution is 6.02. The summed E-state index contributed by atoms with van der Waals surface area (Å²) in [5.74, 6) is 0.349. The highest BCUT2D eigenvalue weighted by atomic mass is 16.5. The Morgan fingerprint density at radius 2 is 1.90 bits per heavy atom. The topological polar surface area (TPSA) is 61.9 Å². The van der Waals surface area contributed by atoms with Crippen molar-refractivity contribution in [1.29, 1.82) is 0 Å². The number of aryl methyl sites for hydroxylation is 1. The number of nitrogens with one attached hydrogen (secondary N) is 1. The summed E-state index contributed by atoms with van der Waals surface area (Å²) in [5, 5.41) is 3.12. The molecule has 2 aromatic rings. The quantitative estimate of drug-likeness (QED) is 0.848. The predicted octanol–water partition coefficient (Wildman–Crippen LogP) is 2.50. The van der Waals surface area contributed by atoms with Crippen LogP contribution >= 0.6 is 0 Å². The number of benzene rings is 2. The molecule has 1 fully saturated rings. The highest BCUT2D eigenvalue weighted by Crippen LogP contribution is 2.32. The van der Waals surface area contributed by atoms with Crippen molar-refractivity contribution in [3.05, 3.63) is 59.7 Å². The van der Waals surface area contributed by atoms with E-state index >= 15 is 0 Å². The summed E-state index contributed by atoms with van der Waals surface area (Å²) < 4.78 is 5.48. The minimum atomic E-state index is -0.184. The van der Waals surface area contributed by atoms with Gasteiger partial charge in [-0.15, -0.1) is 0 Å². The van der Waals surface area contributed by atoms with Crippen LogP contribution in [-0.4, -0.2) is 49.0 Å². The first-order valence-corrected chi connectivity index (χ1v) is 10.2. The van der Waals surface area contributed by atoms with Gasteiger partial charge in [0.25, 0.3) is 5.91 Å². The molecule has 6 nitrogen and oxygen atoms in total. The van der Waals surface area contributed by atoms with Crippen LogP contribution in [0.25, 0.3) is 0 Å². The Labute approximate surface area is 171 Å². The van der Waals surface area contributed by atoms with E-state index in [1.165, 1.54) is 10.5 Å². The number of anilines is 1. The zero-order valence-corrected chi connectivity index (χ0v) is 16.8. The number of piperidine rings is 1. The SMILES string of the molecule is Cc1ccc2c(c1)N(CC(=O)NC1CCN(Cc3ccccc3)CC1)C(=O)CO2. The third kappa shape index (κ3) is 4.77. The highest BCUT2D eigenvalue weighted by Gasteiger charge is 2.28. The molecule has 6 heteroatoms. The molecular weight excluding hydrogens is 366 g/mol. The first kappa shape index (κ1) is 19.5. The van der Waals surface area contributed by atoms with E-state index in [2.05, 4.69) is 34.5 Å². The third-order valence-corrected chi connectivity index (χ3v) is 5.56.